The SMILES string of the molecule is O=C1CCCN1c1ccc(CNCc2csc(Br)c2)cc1. The molecule has 110 valence electrons. The minimum Gasteiger partial charge on any atom is -0.312 e. The van der Waals surface area contributed by atoms with Crippen molar-refractivity contribution >= 4 is 38.9 Å². The maximum Gasteiger partial charge on any atom is 0.227 e. The molecule has 0 bridgehead atoms. The standard InChI is InChI=1S/C16H17BrN2OS/c17-15-8-13(11-21-15)10-18-9-12-3-5-14(6-4-12)19-7-1-2-16(19)20/h3-6,8,11,18H,1-2,7,9-10H2. The second-order valence-corrected chi connectivity index (χ2v) is 7.47. The number of amides is 1. The molecule has 0 radical (unpaired) electrons. The molecule has 1 N–H and O–H groups in total. The number of benzene rings is 1. The largest absolute Gasteiger partial charge is 0.312 e. The molecule has 0 unspecified atom stereocenters. The third-order valence-electron chi connectivity index (χ3n) is 3.60. The van der Waals surface area contributed by atoms with Crippen LogP contribution >= 0.6 is 27.3 Å². The van der Waals surface area contributed by atoms with E-state index in [2.05, 4.69) is 44.8 Å². The van der Waals surface area contributed by atoms with Crippen LogP contribution in [0.15, 0.2) is 39.5 Å². The summed E-state index contributed by atoms with van der Waals surface area (Å²) in [7, 11) is 0. The van der Waals surface area contributed by atoms with Crippen molar-refractivity contribution in [3.05, 3.63) is 50.6 Å². The number of thiophene rings is 1. The Labute approximate surface area is 137 Å². The molecule has 2 heterocycles. The van der Waals surface area contributed by atoms with Gasteiger partial charge in [-0.25, -0.2) is 0 Å². The van der Waals surface area contributed by atoms with E-state index >= 15 is 0 Å². The number of hydrogen-bond acceptors (Lipinski definition) is 3. The molecular weight excluding hydrogens is 348 g/mol. The first-order valence-corrected chi connectivity index (χ1v) is 8.72. The van der Waals surface area contributed by atoms with Gasteiger partial charge in [0.05, 0.1) is 3.79 Å². The van der Waals surface area contributed by atoms with Crippen LogP contribution in [0.1, 0.15) is 24.0 Å². The molecule has 21 heavy (non-hydrogen) atoms. The number of rotatable bonds is 5. The van der Waals surface area contributed by atoms with Crippen LogP contribution in [-0.4, -0.2) is 12.5 Å². The summed E-state index contributed by atoms with van der Waals surface area (Å²) in [6.45, 7) is 2.56. The van der Waals surface area contributed by atoms with Gasteiger partial charge < -0.3 is 10.2 Å². The molecule has 3 nitrogen and oxygen atoms in total. The maximum absolute atomic E-state index is 11.7. The summed E-state index contributed by atoms with van der Waals surface area (Å²) in [6, 6.07) is 10.4. The molecule has 0 saturated carbocycles. The first-order chi connectivity index (χ1) is 10.2. The summed E-state index contributed by atoms with van der Waals surface area (Å²) in [6.07, 6.45) is 1.65. The van der Waals surface area contributed by atoms with Crippen molar-refractivity contribution < 1.29 is 4.79 Å². The molecule has 1 aromatic carbocycles. The average Bonchev–Trinajstić information content (AvgIpc) is 3.09. The molecule has 1 aliphatic rings. The highest BCUT2D eigenvalue weighted by molar-refractivity contribution is 9.11. The van der Waals surface area contributed by atoms with E-state index in [4.69, 9.17) is 0 Å². The van der Waals surface area contributed by atoms with Gasteiger partial charge in [0.2, 0.25) is 5.91 Å². The molecule has 1 saturated heterocycles. The van der Waals surface area contributed by atoms with Crippen LogP contribution < -0.4 is 10.2 Å². The second-order valence-electron chi connectivity index (χ2n) is 5.18. The van der Waals surface area contributed by atoms with Crippen LogP contribution in [0.5, 0.6) is 0 Å². The summed E-state index contributed by atoms with van der Waals surface area (Å²) < 4.78 is 1.17. The average molecular weight is 365 g/mol. The molecule has 0 aliphatic carbocycles. The van der Waals surface area contributed by atoms with Crippen molar-refractivity contribution in [3.8, 4) is 0 Å². The van der Waals surface area contributed by atoms with E-state index in [9.17, 15) is 4.79 Å². The van der Waals surface area contributed by atoms with Crippen LogP contribution in [0, 0.1) is 0 Å². The van der Waals surface area contributed by atoms with Gasteiger partial charge in [0.25, 0.3) is 0 Å². The Morgan fingerprint density at radius 3 is 2.57 bits per heavy atom. The Morgan fingerprint density at radius 2 is 1.95 bits per heavy atom. The monoisotopic (exact) mass is 364 g/mol. The lowest BCUT2D eigenvalue weighted by atomic mass is 10.2. The van der Waals surface area contributed by atoms with Crippen molar-refractivity contribution in [3.63, 3.8) is 0 Å². The van der Waals surface area contributed by atoms with E-state index in [0.29, 0.717) is 6.42 Å². The van der Waals surface area contributed by atoms with Gasteiger partial charge in [0.1, 0.15) is 0 Å². The summed E-state index contributed by atoms with van der Waals surface area (Å²) in [5.74, 6) is 0.240. The van der Waals surface area contributed by atoms with Crippen LogP contribution in [0.25, 0.3) is 0 Å². The minimum absolute atomic E-state index is 0.240. The molecule has 1 amide bonds. The topological polar surface area (TPSA) is 32.3 Å². The first-order valence-electron chi connectivity index (χ1n) is 7.05. The number of nitrogens with one attached hydrogen (secondary N) is 1. The lowest BCUT2D eigenvalue weighted by molar-refractivity contribution is -0.117. The van der Waals surface area contributed by atoms with Crippen molar-refractivity contribution in [1.29, 1.82) is 0 Å². The number of carbonyl (C=O) groups is 1. The first kappa shape index (κ1) is 14.8. The molecule has 1 fully saturated rings. The van der Waals surface area contributed by atoms with Crippen LogP contribution in [-0.2, 0) is 17.9 Å². The summed E-state index contributed by atoms with van der Waals surface area (Å²) >= 11 is 5.18. The van der Waals surface area contributed by atoms with E-state index in [1.165, 1.54) is 14.9 Å². The maximum atomic E-state index is 11.7. The van der Waals surface area contributed by atoms with Gasteiger partial charge in [-0.05, 0) is 57.1 Å². The molecule has 2 aromatic rings. The van der Waals surface area contributed by atoms with Crippen molar-refractivity contribution in [1.82, 2.24) is 5.32 Å². The second kappa shape index (κ2) is 6.73. The zero-order valence-electron chi connectivity index (χ0n) is 11.6. The normalized spacial score (nSPS) is 14.9. The quantitative estimate of drug-likeness (QED) is 0.871. The van der Waals surface area contributed by atoms with Gasteiger partial charge in [-0.1, -0.05) is 12.1 Å². The van der Waals surface area contributed by atoms with Crippen LogP contribution in [0.2, 0.25) is 0 Å². The van der Waals surface area contributed by atoms with Crippen molar-refractivity contribution in [2.75, 3.05) is 11.4 Å². The zero-order chi connectivity index (χ0) is 14.7. The fourth-order valence-electron chi connectivity index (χ4n) is 2.50. The smallest absolute Gasteiger partial charge is 0.227 e. The number of nitrogens with zero attached hydrogens (tertiary/aromatic N) is 1. The van der Waals surface area contributed by atoms with Crippen molar-refractivity contribution in [2.24, 2.45) is 0 Å². The van der Waals surface area contributed by atoms with Gasteiger partial charge in [-0.15, -0.1) is 11.3 Å². The molecule has 0 spiro atoms. The third kappa shape index (κ3) is 3.73. The number of halogens is 1. The van der Waals surface area contributed by atoms with E-state index in [1.807, 2.05) is 17.0 Å². The number of hydrogen-bond donors (Lipinski definition) is 1. The molecule has 1 aromatic heterocycles. The van der Waals surface area contributed by atoms with Gasteiger partial charge in [0, 0.05) is 31.7 Å². The Bertz CT molecular complexity index is 623. The highest BCUT2D eigenvalue weighted by Gasteiger charge is 2.21. The molecule has 1 aliphatic heterocycles. The molecular formula is C16H17BrN2OS. The number of carbonyl (C=O) groups excluding carboxylic acids is 1. The van der Waals surface area contributed by atoms with Gasteiger partial charge >= 0.3 is 0 Å². The fraction of sp³-hybridized carbons (Fsp3) is 0.312. The molecule has 5 heteroatoms. The predicted octanol–water partition coefficient (Wildman–Crippen LogP) is 3.93. The van der Waals surface area contributed by atoms with Gasteiger partial charge in [-0.3, -0.25) is 4.79 Å². The summed E-state index contributed by atoms with van der Waals surface area (Å²) in [5.41, 5.74) is 3.55. The molecule has 0 atom stereocenters. The highest BCUT2D eigenvalue weighted by Crippen LogP contribution is 2.22. The zero-order valence-corrected chi connectivity index (χ0v) is 14.0. The van der Waals surface area contributed by atoms with Crippen molar-refractivity contribution in [2.45, 2.75) is 25.9 Å². The van der Waals surface area contributed by atoms with Gasteiger partial charge in [0.15, 0.2) is 0 Å². The lowest BCUT2D eigenvalue weighted by Crippen LogP contribution is -2.23. The minimum atomic E-state index is 0.240. The summed E-state index contributed by atoms with van der Waals surface area (Å²) in [5, 5.41) is 5.59. The Hall–Kier alpha value is -1.17. The van der Waals surface area contributed by atoms with E-state index in [0.717, 1.165) is 31.7 Å². The fourth-order valence-corrected chi connectivity index (χ4v) is 3.71. The van der Waals surface area contributed by atoms with E-state index in [-0.39, 0.29) is 5.91 Å². The van der Waals surface area contributed by atoms with E-state index in [1.54, 1.807) is 11.3 Å². The summed E-state index contributed by atoms with van der Waals surface area (Å²) in [4.78, 5) is 13.6. The number of anilines is 1. The van der Waals surface area contributed by atoms with E-state index < -0.39 is 0 Å². The van der Waals surface area contributed by atoms with Gasteiger partial charge in [-0.2, -0.15) is 0 Å². The Kier molecular flexibility index (Phi) is 4.73. The third-order valence-corrected chi connectivity index (χ3v) is 5.15. The predicted molar refractivity (Wildman–Crippen MR) is 90.6 cm³/mol. The Balaban J connectivity index is 1.53. The van der Waals surface area contributed by atoms with Crippen LogP contribution in [0.3, 0.4) is 0 Å². The highest BCUT2D eigenvalue weighted by atomic mass is 79.9. The molecule has 3 rings (SSSR count). The lowest BCUT2D eigenvalue weighted by Gasteiger charge is -2.16. The Morgan fingerprint density at radius 1 is 1.19 bits per heavy atom. The van der Waals surface area contributed by atoms with Crippen LogP contribution in [0.4, 0.5) is 5.69 Å².